The summed E-state index contributed by atoms with van der Waals surface area (Å²) in [6.07, 6.45) is 4.39. The van der Waals surface area contributed by atoms with Gasteiger partial charge in [0.05, 0.1) is 12.8 Å². The number of anilines is 1. The molecule has 150 valence electrons. The van der Waals surface area contributed by atoms with E-state index in [-0.39, 0.29) is 17.2 Å². The molecule has 1 aromatic carbocycles. The Kier molecular flexibility index (Phi) is 4.97. The molecule has 3 aromatic heterocycles. The van der Waals surface area contributed by atoms with Crippen molar-refractivity contribution in [3.8, 4) is 28.1 Å². The van der Waals surface area contributed by atoms with Crippen LogP contribution in [0.25, 0.3) is 33.4 Å². The van der Waals surface area contributed by atoms with Crippen molar-refractivity contribution in [2.45, 2.75) is 0 Å². The third-order valence-electron chi connectivity index (χ3n) is 4.52. The number of amides is 1. The van der Waals surface area contributed by atoms with Gasteiger partial charge in [-0.3, -0.25) is 4.79 Å². The molecule has 0 radical (unpaired) electrons. The number of fused-ring (bicyclic) bond motifs is 1. The van der Waals surface area contributed by atoms with Crippen molar-refractivity contribution in [2.24, 2.45) is 0 Å². The quantitative estimate of drug-likeness (QED) is 0.471. The first-order chi connectivity index (χ1) is 14.5. The van der Waals surface area contributed by atoms with Crippen LogP contribution < -0.4 is 10.1 Å². The first kappa shape index (κ1) is 19.3. The minimum Gasteiger partial charge on any atom is -0.493 e. The lowest BCUT2D eigenvalue weighted by Gasteiger charge is -2.10. The van der Waals surface area contributed by atoms with Crippen LogP contribution in [0.2, 0.25) is 0 Å². The summed E-state index contributed by atoms with van der Waals surface area (Å²) in [6.45, 7) is 3.41. The van der Waals surface area contributed by atoms with Gasteiger partial charge < -0.3 is 15.0 Å². The highest BCUT2D eigenvalue weighted by Crippen LogP contribution is 2.38. The molecule has 4 aromatic rings. The lowest BCUT2D eigenvalue weighted by Crippen LogP contribution is -2.08. The molecule has 1 amide bonds. The Bertz CT molecular complexity index is 1280. The molecule has 6 nitrogen and oxygen atoms in total. The van der Waals surface area contributed by atoms with Crippen LogP contribution in [0.3, 0.4) is 0 Å². The molecule has 3 heterocycles. The Morgan fingerprint density at radius 3 is 2.83 bits per heavy atom. The van der Waals surface area contributed by atoms with E-state index in [0.717, 1.165) is 12.1 Å². The Balaban J connectivity index is 1.83. The van der Waals surface area contributed by atoms with E-state index < -0.39 is 11.6 Å². The Morgan fingerprint density at radius 1 is 1.23 bits per heavy atom. The average molecular weight is 406 g/mol. The van der Waals surface area contributed by atoms with Crippen molar-refractivity contribution >= 4 is 22.8 Å². The predicted molar refractivity (Wildman–Crippen MR) is 110 cm³/mol. The van der Waals surface area contributed by atoms with E-state index in [4.69, 9.17) is 4.74 Å². The molecule has 0 saturated carbocycles. The third-order valence-corrected chi connectivity index (χ3v) is 4.52. The number of aromatic nitrogens is 3. The van der Waals surface area contributed by atoms with Crippen LogP contribution in [0.1, 0.15) is 0 Å². The minimum atomic E-state index is -0.793. The van der Waals surface area contributed by atoms with Crippen molar-refractivity contribution in [3.63, 3.8) is 0 Å². The topological polar surface area (TPSA) is 79.9 Å². The largest absolute Gasteiger partial charge is 0.493 e. The SMILES string of the molecule is C=CC(=O)Nc1cccc(-c2cnc3[nH]cc(-c4cc(F)cc(F)c4OC)c3c2)n1. The van der Waals surface area contributed by atoms with Crippen molar-refractivity contribution in [1.29, 1.82) is 0 Å². The highest BCUT2D eigenvalue weighted by molar-refractivity contribution is 5.99. The summed E-state index contributed by atoms with van der Waals surface area (Å²) >= 11 is 0. The molecule has 8 heteroatoms. The lowest BCUT2D eigenvalue weighted by molar-refractivity contribution is -0.111. The van der Waals surface area contributed by atoms with Crippen LogP contribution in [0, 0.1) is 11.6 Å². The van der Waals surface area contributed by atoms with Gasteiger partial charge in [0.2, 0.25) is 5.91 Å². The number of rotatable bonds is 5. The molecule has 0 fully saturated rings. The normalized spacial score (nSPS) is 10.8. The number of methoxy groups -OCH3 is 1. The van der Waals surface area contributed by atoms with Gasteiger partial charge in [0.15, 0.2) is 11.6 Å². The van der Waals surface area contributed by atoms with Crippen LogP contribution in [-0.2, 0) is 4.79 Å². The van der Waals surface area contributed by atoms with Crippen molar-refractivity contribution in [2.75, 3.05) is 12.4 Å². The zero-order valence-corrected chi connectivity index (χ0v) is 15.9. The van der Waals surface area contributed by atoms with Crippen molar-refractivity contribution in [3.05, 3.63) is 73.1 Å². The molecule has 2 N–H and O–H groups in total. The van der Waals surface area contributed by atoms with E-state index >= 15 is 0 Å². The predicted octanol–water partition coefficient (Wildman–Crippen LogP) is 4.70. The van der Waals surface area contributed by atoms with Gasteiger partial charge in [0, 0.05) is 40.5 Å². The number of hydrogen-bond donors (Lipinski definition) is 2. The molecule has 0 unspecified atom stereocenters. The van der Waals surface area contributed by atoms with Gasteiger partial charge in [-0.25, -0.2) is 18.7 Å². The number of carbonyl (C=O) groups is 1. The molecular formula is C22H16F2N4O2. The monoisotopic (exact) mass is 406 g/mol. The average Bonchev–Trinajstić information content (AvgIpc) is 3.16. The maximum atomic E-state index is 14.2. The zero-order chi connectivity index (χ0) is 21.3. The summed E-state index contributed by atoms with van der Waals surface area (Å²) in [5.74, 6) is -1.58. The third kappa shape index (κ3) is 3.50. The smallest absolute Gasteiger partial charge is 0.248 e. The van der Waals surface area contributed by atoms with Crippen LogP contribution in [0.15, 0.2) is 61.4 Å². The fraction of sp³-hybridized carbons (Fsp3) is 0.0455. The van der Waals surface area contributed by atoms with Crippen LogP contribution in [0.5, 0.6) is 5.75 Å². The number of hydrogen-bond acceptors (Lipinski definition) is 4. The fourth-order valence-corrected chi connectivity index (χ4v) is 3.18. The second-order valence-electron chi connectivity index (χ2n) is 6.39. The summed E-state index contributed by atoms with van der Waals surface area (Å²) in [5.41, 5.74) is 2.56. The highest BCUT2D eigenvalue weighted by Gasteiger charge is 2.18. The van der Waals surface area contributed by atoms with Gasteiger partial charge in [0.1, 0.15) is 17.3 Å². The number of nitrogens with zero attached hydrogens (tertiary/aromatic N) is 2. The second kappa shape index (κ2) is 7.75. The molecular weight excluding hydrogens is 390 g/mol. The molecule has 0 aliphatic rings. The number of benzene rings is 1. The van der Waals surface area contributed by atoms with E-state index in [0.29, 0.717) is 33.7 Å². The molecule has 0 atom stereocenters. The standard InChI is InChI=1S/C22H16F2N4O2/c1-3-20(29)28-19-6-4-5-18(27-19)12-7-15-16(11-26-22(15)25-10-12)14-8-13(23)9-17(24)21(14)30-2/h3-11H,1H2,2H3,(H,25,26)(H,27,28,29). The Labute approximate surface area is 170 Å². The first-order valence-electron chi connectivity index (χ1n) is 8.91. The van der Waals surface area contributed by atoms with Crippen LogP contribution >= 0.6 is 0 Å². The molecule has 0 aliphatic heterocycles. The number of aromatic amines is 1. The fourth-order valence-electron chi connectivity index (χ4n) is 3.18. The highest BCUT2D eigenvalue weighted by atomic mass is 19.1. The van der Waals surface area contributed by atoms with Crippen molar-refractivity contribution < 1.29 is 18.3 Å². The lowest BCUT2D eigenvalue weighted by atomic mass is 10.0. The minimum absolute atomic E-state index is 0.0602. The number of halogens is 2. The molecule has 30 heavy (non-hydrogen) atoms. The molecule has 0 bridgehead atoms. The molecule has 0 aliphatic carbocycles. The summed E-state index contributed by atoms with van der Waals surface area (Å²) in [6, 6.07) is 8.95. The molecule has 0 saturated heterocycles. The van der Waals surface area contributed by atoms with Gasteiger partial charge in [-0.1, -0.05) is 12.6 Å². The van der Waals surface area contributed by atoms with Crippen molar-refractivity contribution in [1.82, 2.24) is 15.0 Å². The number of carbonyl (C=O) groups excluding carboxylic acids is 1. The molecule has 0 spiro atoms. The summed E-state index contributed by atoms with van der Waals surface area (Å²) in [7, 11) is 1.32. The Morgan fingerprint density at radius 2 is 2.07 bits per heavy atom. The number of nitrogens with one attached hydrogen (secondary N) is 2. The van der Waals surface area contributed by atoms with E-state index in [2.05, 4.69) is 26.8 Å². The maximum Gasteiger partial charge on any atom is 0.248 e. The van der Waals surface area contributed by atoms with Gasteiger partial charge in [-0.15, -0.1) is 0 Å². The number of H-pyrrole nitrogens is 1. The zero-order valence-electron chi connectivity index (χ0n) is 15.9. The van der Waals surface area contributed by atoms with Gasteiger partial charge in [-0.2, -0.15) is 0 Å². The second-order valence-corrected chi connectivity index (χ2v) is 6.39. The summed E-state index contributed by atoms with van der Waals surface area (Å²) in [5, 5.41) is 3.24. The van der Waals surface area contributed by atoms with Gasteiger partial charge >= 0.3 is 0 Å². The maximum absolute atomic E-state index is 14.2. The van der Waals surface area contributed by atoms with E-state index in [1.165, 1.54) is 13.2 Å². The first-order valence-corrected chi connectivity index (χ1v) is 8.91. The van der Waals surface area contributed by atoms with E-state index in [1.54, 1.807) is 36.7 Å². The van der Waals surface area contributed by atoms with Crippen LogP contribution in [-0.4, -0.2) is 28.0 Å². The summed E-state index contributed by atoms with van der Waals surface area (Å²) in [4.78, 5) is 23.3. The van der Waals surface area contributed by atoms with Crippen LogP contribution in [0.4, 0.5) is 14.6 Å². The number of ether oxygens (including phenoxy) is 1. The number of pyridine rings is 2. The van der Waals surface area contributed by atoms with E-state index in [1.807, 2.05) is 0 Å². The Hall–Kier alpha value is -4.07. The summed E-state index contributed by atoms with van der Waals surface area (Å²) < 4.78 is 33.2. The van der Waals surface area contributed by atoms with E-state index in [9.17, 15) is 13.6 Å². The molecule has 4 rings (SSSR count). The van der Waals surface area contributed by atoms with Gasteiger partial charge in [-0.05, 0) is 30.3 Å². The van der Waals surface area contributed by atoms with Gasteiger partial charge in [0.25, 0.3) is 0 Å².